The lowest BCUT2D eigenvalue weighted by Gasteiger charge is -2.39. The number of benzene rings is 1. The minimum atomic E-state index is -1.50. The fourth-order valence-electron chi connectivity index (χ4n) is 1.86. The van der Waals surface area contributed by atoms with E-state index in [1.54, 1.807) is 0 Å². The summed E-state index contributed by atoms with van der Waals surface area (Å²) >= 11 is 11.7. The van der Waals surface area contributed by atoms with Gasteiger partial charge in [-0.25, -0.2) is 0 Å². The van der Waals surface area contributed by atoms with Crippen LogP contribution < -0.4 is 4.74 Å². The van der Waals surface area contributed by atoms with Crippen molar-refractivity contribution in [2.45, 2.75) is 30.7 Å². The number of aliphatic hydroxyl groups is 4. The van der Waals surface area contributed by atoms with Gasteiger partial charge in [0.1, 0.15) is 30.2 Å². The zero-order chi connectivity index (χ0) is 14.9. The smallest absolute Gasteiger partial charge is 0.229 e. The Hall–Kier alpha value is -0.600. The van der Waals surface area contributed by atoms with Crippen molar-refractivity contribution in [2.75, 3.05) is 6.61 Å². The highest BCUT2D eigenvalue weighted by Gasteiger charge is 2.44. The maximum Gasteiger partial charge on any atom is 0.229 e. The number of ether oxygens (including phenoxy) is 2. The molecule has 5 unspecified atom stereocenters. The van der Waals surface area contributed by atoms with E-state index in [1.807, 2.05) is 0 Å². The van der Waals surface area contributed by atoms with Crippen LogP contribution in [0.3, 0.4) is 0 Å². The lowest BCUT2D eigenvalue weighted by atomic mass is 9.99. The molecule has 8 heteroatoms. The van der Waals surface area contributed by atoms with Gasteiger partial charge in [0.25, 0.3) is 0 Å². The van der Waals surface area contributed by atoms with Gasteiger partial charge in [0, 0.05) is 5.02 Å². The van der Waals surface area contributed by atoms with Crippen molar-refractivity contribution in [2.24, 2.45) is 0 Å². The molecule has 1 saturated heterocycles. The molecule has 2 rings (SSSR count). The Bertz CT molecular complexity index is 469. The Balaban J connectivity index is 2.15. The van der Waals surface area contributed by atoms with Crippen LogP contribution in [0.4, 0.5) is 0 Å². The monoisotopic (exact) mass is 324 g/mol. The lowest BCUT2D eigenvalue weighted by Crippen LogP contribution is -2.60. The summed E-state index contributed by atoms with van der Waals surface area (Å²) in [5, 5.41) is 38.8. The molecule has 1 heterocycles. The third-order valence-electron chi connectivity index (χ3n) is 2.99. The first-order valence-corrected chi connectivity index (χ1v) is 6.62. The van der Waals surface area contributed by atoms with Crippen LogP contribution in [0.25, 0.3) is 0 Å². The van der Waals surface area contributed by atoms with E-state index in [0.29, 0.717) is 5.02 Å². The zero-order valence-corrected chi connectivity index (χ0v) is 11.7. The average molecular weight is 325 g/mol. The standard InChI is InChI=1S/C12H14Cl2O6/c13-5-1-2-7(6(14)3-5)19-12-11(18)10(17)9(16)8(4-15)20-12/h1-3,8-12,15-18H,4H2. The first-order chi connectivity index (χ1) is 9.43. The van der Waals surface area contributed by atoms with Crippen LogP contribution in [0.2, 0.25) is 10.0 Å². The van der Waals surface area contributed by atoms with E-state index in [-0.39, 0.29) is 10.8 Å². The van der Waals surface area contributed by atoms with Gasteiger partial charge in [0.15, 0.2) is 0 Å². The molecule has 0 saturated carbocycles. The second-order valence-corrected chi connectivity index (χ2v) is 5.23. The Morgan fingerprint density at radius 1 is 1.10 bits per heavy atom. The summed E-state index contributed by atoms with van der Waals surface area (Å²) in [5.74, 6) is 0.195. The molecule has 1 aliphatic heterocycles. The van der Waals surface area contributed by atoms with Crippen LogP contribution in [-0.4, -0.2) is 57.7 Å². The van der Waals surface area contributed by atoms with Crippen molar-refractivity contribution in [1.82, 2.24) is 0 Å². The van der Waals surface area contributed by atoms with Crippen LogP contribution in [0.5, 0.6) is 5.75 Å². The molecule has 112 valence electrons. The molecule has 0 amide bonds. The largest absolute Gasteiger partial charge is 0.460 e. The molecule has 1 fully saturated rings. The van der Waals surface area contributed by atoms with Crippen molar-refractivity contribution < 1.29 is 29.9 Å². The summed E-state index contributed by atoms with van der Waals surface area (Å²) < 4.78 is 10.6. The summed E-state index contributed by atoms with van der Waals surface area (Å²) in [4.78, 5) is 0. The van der Waals surface area contributed by atoms with Gasteiger partial charge in [-0.1, -0.05) is 23.2 Å². The number of hydrogen-bond acceptors (Lipinski definition) is 6. The Morgan fingerprint density at radius 2 is 1.80 bits per heavy atom. The lowest BCUT2D eigenvalue weighted by molar-refractivity contribution is -0.277. The van der Waals surface area contributed by atoms with Crippen molar-refractivity contribution in [1.29, 1.82) is 0 Å². The Kier molecular flexibility index (Phi) is 5.09. The molecule has 20 heavy (non-hydrogen) atoms. The fraction of sp³-hybridized carbons (Fsp3) is 0.500. The van der Waals surface area contributed by atoms with Crippen molar-refractivity contribution in [3.63, 3.8) is 0 Å². The number of hydrogen-bond donors (Lipinski definition) is 4. The third kappa shape index (κ3) is 3.17. The molecule has 0 aromatic heterocycles. The number of rotatable bonds is 3. The zero-order valence-electron chi connectivity index (χ0n) is 10.2. The van der Waals surface area contributed by atoms with E-state index < -0.39 is 37.3 Å². The molecule has 1 aliphatic rings. The number of aliphatic hydroxyl groups excluding tert-OH is 4. The molecule has 0 spiro atoms. The van der Waals surface area contributed by atoms with E-state index >= 15 is 0 Å². The molecule has 0 aliphatic carbocycles. The van der Waals surface area contributed by atoms with Gasteiger partial charge in [-0.15, -0.1) is 0 Å². The second-order valence-electron chi connectivity index (χ2n) is 4.39. The van der Waals surface area contributed by atoms with Gasteiger partial charge in [0.05, 0.1) is 11.6 Å². The van der Waals surface area contributed by atoms with Gasteiger partial charge in [-0.05, 0) is 18.2 Å². The predicted octanol–water partition coefficient (Wildman–Crippen LogP) is 0.172. The van der Waals surface area contributed by atoms with Gasteiger partial charge < -0.3 is 29.9 Å². The van der Waals surface area contributed by atoms with E-state index in [0.717, 1.165) is 0 Å². The SMILES string of the molecule is OCC1OC(Oc2ccc(Cl)cc2Cl)C(O)C(O)C1O. The maximum atomic E-state index is 9.82. The van der Waals surface area contributed by atoms with Crippen molar-refractivity contribution >= 4 is 23.2 Å². The molecule has 4 N–H and O–H groups in total. The molecule has 5 atom stereocenters. The summed E-state index contributed by atoms with van der Waals surface area (Å²) in [7, 11) is 0. The van der Waals surface area contributed by atoms with Gasteiger partial charge in [0.2, 0.25) is 6.29 Å². The van der Waals surface area contributed by atoms with Gasteiger partial charge in [-0.2, -0.15) is 0 Å². The molecule has 0 bridgehead atoms. The molecule has 1 aromatic carbocycles. The third-order valence-corrected chi connectivity index (χ3v) is 3.52. The molecule has 1 aromatic rings. The molecule has 6 nitrogen and oxygen atoms in total. The summed E-state index contributed by atoms with van der Waals surface area (Å²) in [6.45, 7) is -0.529. The van der Waals surface area contributed by atoms with Crippen LogP contribution >= 0.6 is 23.2 Å². The maximum absolute atomic E-state index is 9.82. The summed E-state index contributed by atoms with van der Waals surface area (Å²) in [6.07, 6.45) is -6.74. The average Bonchev–Trinajstić information content (AvgIpc) is 2.42. The van der Waals surface area contributed by atoms with E-state index in [4.69, 9.17) is 37.8 Å². The van der Waals surface area contributed by atoms with Gasteiger partial charge in [-0.3, -0.25) is 0 Å². The molecular formula is C12H14Cl2O6. The molecule has 0 radical (unpaired) electrons. The predicted molar refractivity (Wildman–Crippen MR) is 70.9 cm³/mol. The Morgan fingerprint density at radius 3 is 2.40 bits per heavy atom. The quantitative estimate of drug-likeness (QED) is 0.632. The minimum Gasteiger partial charge on any atom is -0.460 e. The van der Waals surface area contributed by atoms with E-state index in [2.05, 4.69) is 0 Å². The highest BCUT2D eigenvalue weighted by molar-refractivity contribution is 6.35. The van der Waals surface area contributed by atoms with Crippen molar-refractivity contribution in [3.8, 4) is 5.75 Å². The van der Waals surface area contributed by atoms with Crippen LogP contribution in [0, 0.1) is 0 Å². The summed E-state index contributed by atoms with van der Waals surface area (Å²) in [6, 6.07) is 4.46. The van der Waals surface area contributed by atoms with Gasteiger partial charge >= 0.3 is 0 Å². The Labute approximate surface area is 125 Å². The highest BCUT2D eigenvalue weighted by Crippen LogP contribution is 2.31. The minimum absolute atomic E-state index is 0.195. The van der Waals surface area contributed by atoms with E-state index in [1.165, 1.54) is 18.2 Å². The van der Waals surface area contributed by atoms with Crippen LogP contribution in [0.1, 0.15) is 0 Å². The first-order valence-electron chi connectivity index (χ1n) is 5.86. The second kappa shape index (κ2) is 6.44. The number of halogens is 2. The normalized spacial score (nSPS) is 34.0. The van der Waals surface area contributed by atoms with Crippen LogP contribution in [-0.2, 0) is 4.74 Å². The topological polar surface area (TPSA) is 99.4 Å². The fourth-order valence-corrected chi connectivity index (χ4v) is 2.31. The molecular weight excluding hydrogens is 311 g/mol. The van der Waals surface area contributed by atoms with E-state index in [9.17, 15) is 15.3 Å². The highest BCUT2D eigenvalue weighted by atomic mass is 35.5. The summed E-state index contributed by atoms with van der Waals surface area (Å²) in [5.41, 5.74) is 0. The van der Waals surface area contributed by atoms with Crippen LogP contribution in [0.15, 0.2) is 18.2 Å². The van der Waals surface area contributed by atoms with Crippen molar-refractivity contribution in [3.05, 3.63) is 28.2 Å². The first kappa shape index (κ1) is 15.8.